The lowest BCUT2D eigenvalue weighted by molar-refractivity contribution is 0.151. The van der Waals surface area contributed by atoms with Crippen LogP contribution in [0.3, 0.4) is 0 Å². The summed E-state index contributed by atoms with van der Waals surface area (Å²) in [7, 11) is 2.08. The molecule has 0 bridgehead atoms. The van der Waals surface area contributed by atoms with Gasteiger partial charge < -0.3 is 10.2 Å². The molecule has 1 aliphatic rings. The van der Waals surface area contributed by atoms with E-state index in [2.05, 4.69) is 61.4 Å². The van der Waals surface area contributed by atoms with Crippen molar-refractivity contribution in [2.24, 2.45) is 11.8 Å². The highest BCUT2D eigenvalue weighted by Gasteiger charge is 2.22. The Morgan fingerprint density at radius 2 is 2.05 bits per heavy atom. The van der Waals surface area contributed by atoms with Gasteiger partial charge >= 0.3 is 0 Å². The van der Waals surface area contributed by atoms with Crippen LogP contribution in [0, 0.1) is 11.8 Å². The highest BCUT2D eigenvalue weighted by molar-refractivity contribution is 5.19. The lowest BCUT2D eigenvalue weighted by atomic mass is 9.92. The van der Waals surface area contributed by atoms with Crippen molar-refractivity contribution in [2.45, 2.75) is 32.7 Å². The average Bonchev–Trinajstić information content (AvgIpc) is 2.41. The Kier molecular flexibility index (Phi) is 5.41. The fourth-order valence-electron chi connectivity index (χ4n) is 3.41. The van der Waals surface area contributed by atoms with Crippen molar-refractivity contribution in [3.8, 4) is 0 Å². The van der Waals surface area contributed by atoms with E-state index in [4.69, 9.17) is 0 Å². The Labute approximate surface area is 118 Å². The summed E-state index contributed by atoms with van der Waals surface area (Å²) in [4.78, 5) is 2.64. The van der Waals surface area contributed by atoms with E-state index in [9.17, 15) is 0 Å². The molecule has 1 N–H and O–H groups in total. The predicted molar refractivity (Wildman–Crippen MR) is 82.2 cm³/mol. The fraction of sp³-hybridized carbons (Fsp3) is 0.647. The van der Waals surface area contributed by atoms with Gasteiger partial charge in [0.25, 0.3) is 0 Å². The zero-order chi connectivity index (χ0) is 13.7. The second-order valence-electron chi connectivity index (χ2n) is 6.16. The van der Waals surface area contributed by atoms with Crippen LogP contribution in [-0.2, 0) is 0 Å². The van der Waals surface area contributed by atoms with Crippen LogP contribution in [0.5, 0.6) is 0 Å². The Bertz CT molecular complexity index is 363. The molecule has 0 saturated carbocycles. The van der Waals surface area contributed by atoms with Gasteiger partial charge in [-0.1, -0.05) is 44.2 Å². The number of hydrogen-bond acceptors (Lipinski definition) is 2. The average molecular weight is 260 g/mol. The van der Waals surface area contributed by atoms with Crippen molar-refractivity contribution in [3.05, 3.63) is 35.9 Å². The van der Waals surface area contributed by atoms with Gasteiger partial charge in [0, 0.05) is 19.1 Å². The minimum Gasteiger partial charge on any atom is -0.313 e. The highest BCUT2D eigenvalue weighted by atomic mass is 15.1. The predicted octanol–water partition coefficient (Wildman–Crippen LogP) is 3.32. The van der Waals surface area contributed by atoms with Gasteiger partial charge in [0.05, 0.1) is 0 Å². The molecule has 0 spiro atoms. The highest BCUT2D eigenvalue weighted by Crippen LogP contribution is 2.24. The molecule has 1 fully saturated rings. The molecule has 0 radical (unpaired) electrons. The third kappa shape index (κ3) is 4.05. The summed E-state index contributed by atoms with van der Waals surface area (Å²) in [6.07, 6.45) is 2.77. The summed E-state index contributed by atoms with van der Waals surface area (Å²) in [6.45, 7) is 8.50. The van der Waals surface area contributed by atoms with Gasteiger partial charge in [-0.25, -0.2) is 0 Å². The van der Waals surface area contributed by atoms with Gasteiger partial charge in [-0.05, 0) is 43.8 Å². The summed E-state index contributed by atoms with van der Waals surface area (Å²) in [5.41, 5.74) is 1.41. The second kappa shape index (κ2) is 7.06. The molecule has 0 amide bonds. The van der Waals surface area contributed by atoms with E-state index in [1.54, 1.807) is 0 Å². The van der Waals surface area contributed by atoms with Crippen LogP contribution >= 0.6 is 0 Å². The van der Waals surface area contributed by atoms with Gasteiger partial charge in [-0.3, -0.25) is 0 Å². The molecule has 3 unspecified atom stereocenters. The minimum atomic E-state index is 0.457. The summed E-state index contributed by atoms with van der Waals surface area (Å²) >= 11 is 0. The van der Waals surface area contributed by atoms with Crippen molar-refractivity contribution in [1.29, 1.82) is 0 Å². The smallest absolute Gasteiger partial charge is 0.0355 e. The molecule has 2 rings (SSSR count). The lowest BCUT2D eigenvalue weighted by Gasteiger charge is -2.35. The quantitative estimate of drug-likeness (QED) is 0.873. The lowest BCUT2D eigenvalue weighted by Crippen LogP contribution is -2.40. The molecule has 0 aromatic heterocycles. The molecule has 1 aromatic rings. The molecule has 2 heteroatoms. The monoisotopic (exact) mass is 260 g/mol. The Hall–Kier alpha value is -0.860. The van der Waals surface area contributed by atoms with E-state index < -0.39 is 0 Å². The van der Waals surface area contributed by atoms with Crippen LogP contribution < -0.4 is 5.32 Å². The Morgan fingerprint density at radius 1 is 1.32 bits per heavy atom. The molecular formula is C17H28N2. The molecule has 1 aromatic carbocycles. The van der Waals surface area contributed by atoms with E-state index in [-0.39, 0.29) is 0 Å². The largest absolute Gasteiger partial charge is 0.313 e. The van der Waals surface area contributed by atoms with Crippen LogP contribution in [0.25, 0.3) is 0 Å². The van der Waals surface area contributed by atoms with Gasteiger partial charge in [0.1, 0.15) is 0 Å². The van der Waals surface area contributed by atoms with Crippen LogP contribution in [0.15, 0.2) is 30.3 Å². The third-order valence-corrected chi connectivity index (χ3v) is 4.33. The first-order valence-corrected chi connectivity index (χ1v) is 7.65. The van der Waals surface area contributed by atoms with E-state index in [1.165, 1.54) is 38.0 Å². The second-order valence-corrected chi connectivity index (χ2v) is 6.16. The molecule has 19 heavy (non-hydrogen) atoms. The zero-order valence-corrected chi connectivity index (χ0v) is 12.6. The molecule has 1 aliphatic heterocycles. The zero-order valence-electron chi connectivity index (χ0n) is 12.6. The Balaban J connectivity index is 1.95. The fourth-order valence-corrected chi connectivity index (χ4v) is 3.41. The normalized spacial score (nSPS) is 24.1. The molecule has 3 atom stereocenters. The SMILES string of the molecule is CNC(c1ccccc1)C(C)CN1CCCC(C)C1. The summed E-state index contributed by atoms with van der Waals surface area (Å²) < 4.78 is 0. The van der Waals surface area contributed by atoms with Gasteiger partial charge in [-0.2, -0.15) is 0 Å². The van der Waals surface area contributed by atoms with Crippen molar-refractivity contribution in [1.82, 2.24) is 10.2 Å². The van der Waals surface area contributed by atoms with Crippen LogP contribution in [-0.4, -0.2) is 31.6 Å². The topological polar surface area (TPSA) is 15.3 Å². The number of likely N-dealkylation sites (tertiary alicyclic amines) is 1. The van der Waals surface area contributed by atoms with E-state index >= 15 is 0 Å². The van der Waals surface area contributed by atoms with E-state index in [0.29, 0.717) is 12.0 Å². The van der Waals surface area contributed by atoms with Gasteiger partial charge in [-0.15, -0.1) is 0 Å². The number of piperidine rings is 1. The maximum absolute atomic E-state index is 3.49. The number of benzene rings is 1. The van der Waals surface area contributed by atoms with Gasteiger partial charge in [0.15, 0.2) is 0 Å². The molecule has 106 valence electrons. The molecular weight excluding hydrogens is 232 g/mol. The summed E-state index contributed by atoms with van der Waals surface area (Å²) in [5, 5.41) is 3.49. The standard InChI is InChI=1S/C17H28N2/c1-14-8-7-11-19(12-14)13-15(2)17(18-3)16-9-5-4-6-10-16/h4-6,9-10,14-15,17-18H,7-8,11-13H2,1-3H3. The third-order valence-electron chi connectivity index (χ3n) is 4.33. The molecule has 1 saturated heterocycles. The van der Waals surface area contributed by atoms with Crippen LogP contribution in [0.1, 0.15) is 38.3 Å². The molecule has 1 heterocycles. The molecule has 0 aliphatic carbocycles. The van der Waals surface area contributed by atoms with Crippen LogP contribution in [0.4, 0.5) is 0 Å². The van der Waals surface area contributed by atoms with Crippen molar-refractivity contribution in [2.75, 3.05) is 26.7 Å². The number of nitrogens with one attached hydrogen (secondary N) is 1. The number of hydrogen-bond donors (Lipinski definition) is 1. The Morgan fingerprint density at radius 3 is 2.68 bits per heavy atom. The summed E-state index contributed by atoms with van der Waals surface area (Å²) in [5.74, 6) is 1.50. The van der Waals surface area contributed by atoms with Crippen molar-refractivity contribution < 1.29 is 0 Å². The van der Waals surface area contributed by atoms with Crippen LogP contribution in [0.2, 0.25) is 0 Å². The minimum absolute atomic E-state index is 0.457. The first-order valence-electron chi connectivity index (χ1n) is 7.65. The van der Waals surface area contributed by atoms with Gasteiger partial charge in [0.2, 0.25) is 0 Å². The van der Waals surface area contributed by atoms with E-state index in [1.807, 2.05) is 0 Å². The van der Waals surface area contributed by atoms with Crippen molar-refractivity contribution >= 4 is 0 Å². The number of nitrogens with zero attached hydrogens (tertiary/aromatic N) is 1. The van der Waals surface area contributed by atoms with Crippen molar-refractivity contribution in [3.63, 3.8) is 0 Å². The first-order chi connectivity index (χ1) is 9.20. The number of rotatable bonds is 5. The summed E-state index contributed by atoms with van der Waals surface area (Å²) in [6, 6.07) is 11.3. The first kappa shape index (κ1) is 14.5. The maximum atomic E-state index is 3.49. The maximum Gasteiger partial charge on any atom is 0.0355 e. The van der Waals surface area contributed by atoms with E-state index in [0.717, 1.165) is 5.92 Å². The molecule has 2 nitrogen and oxygen atoms in total.